The molecular formula is C13H18FNO3. The molecule has 1 atom stereocenters. The summed E-state index contributed by atoms with van der Waals surface area (Å²) in [5, 5.41) is 11.5. The van der Waals surface area contributed by atoms with E-state index in [1.165, 1.54) is 19.2 Å². The zero-order valence-electron chi connectivity index (χ0n) is 10.6. The zero-order chi connectivity index (χ0) is 13.5. The fraction of sp³-hybridized carbons (Fsp3) is 0.462. The van der Waals surface area contributed by atoms with Crippen molar-refractivity contribution >= 4 is 5.91 Å². The van der Waals surface area contributed by atoms with Gasteiger partial charge in [0.05, 0.1) is 13.5 Å². The predicted octanol–water partition coefficient (Wildman–Crippen LogP) is 1.12. The van der Waals surface area contributed by atoms with Crippen LogP contribution in [0.5, 0.6) is 5.75 Å². The number of aliphatic hydroxyl groups is 1. The number of carbonyl (C=O) groups excluding carboxylic acids is 1. The van der Waals surface area contributed by atoms with Crippen LogP contribution in [0.3, 0.4) is 0 Å². The van der Waals surface area contributed by atoms with E-state index < -0.39 is 5.82 Å². The van der Waals surface area contributed by atoms with Gasteiger partial charge in [-0.05, 0) is 23.6 Å². The Morgan fingerprint density at radius 3 is 2.83 bits per heavy atom. The highest BCUT2D eigenvalue weighted by Gasteiger charge is 2.08. The molecule has 0 aromatic heterocycles. The Balaban J connectivity index is 2.52. The molecule has 5 heteroatoms. The molecule has 4 nitrogen and oxygen atoms in total. The molecule has 0 aliphatic heterocycles. The van der Waals surface area contributed by atoms with Gasteiger partial charge >= 0.3 is 0 Å². The molecule has 1 unspecified atom stereocenters. The molecule has 0 radical (unpaired) electrons. The number of benzene rings is 1. The third-order valence-electron chi connectivity index (χ3n) is 2.54. The summed E-state index contributed by atoms with van der Waals surface area (Å²) < 4.78 is 18.2. The summed E-state index contributed by atoms with van der Waals surface area (Å²) in [4.78, 5) is 11.6. The summed E-state index contributed by atoms with van der Waals surface area (Å²) in [5.41, 5.74) is 0.586. The lowest BCUT2D eigenvalue weighted by Gasteiger charge is -2.10. The number of hydrogen-bond donors (Lipinski definition) is 2. The highest BCUT2D eigenvalue weighted by Crippen LogP contribution is 2.17. The summed E-state index contributed by atoms with van der Waals surface area (Å²) in [6, 6.07) is 4.43. The van der Waals surface area contributed by atoms with Crippen LogP contribution in [-0.2, 0) is 11.2 Å². The number of rotatable bonds is 6. The maximum atomic E-state index is 13.4. The van der Waals surface area contributed by atoms with Crippen LogP contribution >= 0.6 is 0 Å². The van der Waals surface area contributed by atoms with Crippen LogP contribution in [0.25, 0.3) is 0 Å². The minimum Gasteiger partial charge on any atom is -0.494 e. The molecule has 0 fully saturated rings. The molecule has 0 spiro atoms. The van der Waals surface area contributed by atoms with Crippen molar-refractivity contribution in [3.8, 4) is 5.75 Å². The third-order valence-corrected chi connectivity index (χ3v) is 2.54. The van der Waals surface area contributed by atoms with E-state index in [-0.39, 0.29) is 30.6 Å². The van der Waals surface area contributed by atoms with Crippen molar-refractivity contribution in [3.05, 3.63) is 29.6 Å². The monoisotopic (exact) mass is 255 g/mol. The first-order chi connectivity index (χ1) is 8.56. The Hall–Kier alpha value is -1.62. The minimum absolute atomic E-state index is 0.0153. The Kier molecular flexibility index (Phi) is 5.58. The molecule has 18 heavy (non-hydrogen) atoms. The highest BCUT2D eigenvalue weighted by molar-refractivity contribution is 5.78. The average Bonchev–Trinajstić information content (AvgIpc) is 2.36. The van der Waals surface area contributed by atoms with Gasteiger partial charge in [0, 0.05) is 13.2 Å². The summed E-state index contributed by atoms with van der Waals surface area (Å²) in [7, 11) is 1.39. The number of amides is 1. The highest BCUT2D eigenvalue weighted by atomic mass is 19.1. The van der Waals surface area contributed by atoms with Crippen molar-refractivity contribution in [2.75, 3.05) is 20.3 Å². The fourth-order valence-corrected chi connectivity index (χ4v) is 1.42. The van der Waals surface area contributed by atoms with Crippen molar-refractivity contribution in [3.63, 3.8) is 0 Å². The van der Waals surface area contributed by atoms with E-state index in [1.54, 1.807) is 6.07 Å². The number of halogens is 1. The molecule has 1 aromatic carbocycles. The predicted molar refractivity (Wildman–Crippen MR) is 65.9 cm³/mol. The van der Waals surface area contributed by atoms with Crippen molar-refractivity contribution in [1.82, 2.24) is 5.32 Å². The summed E-state index contributed by atoms with van der Waals surface area (Å²) in [6.07, 6.45) is 0.110. The molecule has 2 N–H and O–H groups in total. The molecule has 100 valence electrons. The average molecular weight is 255 g/mol. The van der Waals surface area contributed by atoms with E-state index in [0.29, 0.717) is 12.1 Å². The van der Waals surface area contributed by atoms with E-state index >= 15 is 0 Å². The minimum atomic E-state index is -0.480. The number of aliphatic hydroxyl groups excluding tert-OH is 1. The fourth-order valence-electron chi connectivity index (χ4n) is 1.42. The topological polar surface area (TPSA) is 58.6 Å². The van der Waals surface area contributed by atoms with Gasteiger partial charge < -0.3 is 15.2 Å². The second-order valence-corrected chi connectivity index (χ2v) is 4.24. The van der Waals surface area contributed by atoms with E-state index in [4.69, 9.17) is 9.84 Å². The van der Waals surface area contributed by atoms with Gasteiger partial charge in [0.2, 0.25) is 5.91 Å². The molecule has 1 rings (SSSR count). The van der Waals surface area contributed by atoms with Crippen LogP contribution in [0.1, 0.15) is 12.5 Å². The third kappa shape index (κ3) is 4.33. The molecular weight excluding hydrogens is 237 g/mol. The molecule has 0 heterocycles. The largest absolute Gasteiger partial charge is 0.494 e. The van der Waals surface area contributed by atoms with Crippen LogP contribution in [-0.4, -0.2) is 31.3 Å². The van der Waals surface area contributed by atoms with E-state index in [0.717, 1.165) is 0 Å². The summed E-state index contributed by atoms with van der Waals surface area (Å²) >= 11 is 0. The summed E-state index contributed by atoms with van der Waals surface area (Å²) in [6.45, 7) is 2.26. The number of methoxy groups -OCH3 is 1. The van der Waals surface area contributed by atoms with Gasteiger partial charge in [0.25, 0.3) is 0 Å². The first kappa shape index (κ1) is 14.4. The summed E-state index contributed by atoms with van der Waals surface area (Å²) in [5.74, 6) is -0.499. The van der Waals surface area contributed by atoms with Gasteiger partial charge in [-0.15, -0.1) is 0 Å². The number of nitrogens with one attached hydrogen (secondary N) is 1. The van der Waals surface area contributed by atoms with Gasteiger partial charge in [-0.2, -0.15) is 0 Å². The lowest BCUT2D eigenvalue weighted by molar-refractivity contribution is -0.120. The van der Waals surface area contributed by atoms with Crippen molar-refractivity contribution < 1.29 is 19.0 Å². The Morgan fingerprint density at radius 2 is 2.28 bits per heavy atom. The maximum Gasteiger partial charge on any atom is 0.224 e. The molecule has 0 bridgehead atoms. The Morgan fingerprint density at radius 1 is 1.56 bits per heavy atom. The Labute approximate surface area is 106 Å². The van der Waals surface area contributed by atoms with Crippen LogP contribution in [0.15, 0.2) is 18.2 Å². The zero-order valence-corrected chi connectivity index (χ0v) is 10.6. The normalized spacial score (nSPS) is 12.0. The standard InChI is InChI=1S/C13H18FNO3/c1-9(8-16)7-15-13(17)6-10-3-4-12(18-2)11(14)5-10/h3-5,9,16H,6-8H2,1-2H3,(H,15,17). The molecule has 0 aliphatic carbocycles. The lowest BCUT2D eigenvalue weighted by Crippen LogP contribution is -2.30. The van der Waals surface area contributed by atoms with E-state index in [2.05, 4.69) is 5.32 Å². The van der Waals surface area contributed by atoms with E-state index in [9.17, 15) is 9.18 Å². The maximum absolute atomic E-state index is 13.4. The quantitative estimate of drug-likeness (QED) is 0.801. The van der Waals surface area contributed by atoms with Gasteiger partial charge in [-0.3, -0.25) is 4.79 Å². The molecule has 1 amide bonds. The van der Waals surface area contributed by atoms with Gasteiger partial charge in [-0.1, -0.05) is 13.0 Å². The van der Waals surface area contributed by atoms with Gasteiger partial charge in [0.15, 0.2) is 11.6 Å². The van der Waals surface area contributed by atoms with Crippen LogP contribution in [0.4, 0.5) is 4.39 Å². The van der Waals surface area contributed by atoms with Crippen LogP contribution in [0, 0.1) is 11.7 Å². The second kappa shape index (κ2) is 6.96. The van der Waals surface area contributed by atoms with E-state index in [1.807, 2.05) is 6.92 Å². The SMILES string of the molecule is COc1ccc(CC(=O)NCC(C)CO)cc1F. The smallest absolute Gasteiger partial charge is 0.224 e. The first-order valence-electron chi connectivity index (χ1n) is 5.76. The molecule has 1 aromatic rings. The van der Waals surface area contributed by atoms with Crippen LogP contribution < -0.4 is 10.1 Å². The number of carbonyl (C=O) groups is 1. The molecule has 0 saturated heterocycles. The van der Waals surface area contributed by atoms with Crippen molar-refractivity contribution in [1.29, 1.82) is 0 Å². The van der Waals surface area contributed by atoms with Gasteiger partial charge in [0.1, 0.15) is 0 Å². The lowest BCUT2D eigenvalue weighted by atomic mass is 10.1. The van der Waals surface area contributed by atoms with Crippen LogP contribution in [0.2, 0.25) is 0 Å². The van der Waals surface area contributed by atoms with Gasteiger partial charge in [-0.25, -0.2) is 4.39 Å². The number of hydrogen-bond acceptors (Lipinski definition) is 3. The molecule has 0 aliphatic rings. The molecule has 0 saturated carbocycles. The van der Waals surface area contributed by atoms with Crippen molar-refractivity contribution in [2.45, 2.75) is 13.3 Å². The second-order valence-electron chi connectivity index (χ2n) is 4.24. The Bertz CT molecular complexity index is 409. The van der Waals surface area contributed by atoms with Crippen molar-refractivity contribution in [2.24, 2.45) is 5.92 Å². The first-order valence-corrected chi connectivity index (χ1v) is 5.76. The number of ether oxygens (including phenoxy) is 1.